The van der Waals surface area contributed by atoms with E-state index in [9.17, 15) is 9.59 Å². The molecular weight excluding hydrogens is 328 g/mol. The molecule has 0 unspecified atom stereocenters. The average Bonchev–Trinajstić information content (AvgIpc) is 2.67. The summed E-state index contributed by atoms with van der Waals surface area (Å²) in [6.45, 7) is 4.46. The summed E-state index contributed by atoms with van der Waals surface area (Å²) in [5.74, 6) is 0.157. The van der Waals surface area contributed by atoms with Crippen LogP contribution in [0.15, 0.2) is 47.4 Å². The van der Waals surface area contributed by atoms with E-state index in [1.807, 2.05) is 43.3 Å². The lowest BCUT2D eigenvalue weighted by molar-refractivity contribution is 0.0642. The molecule has 1 fully saturated rings. The minimum Gasteiger partial charge on any atom is -0.381 e. The number of aryl methyl sites for hydroxylation is 3. The predicted octanol–water partition coefficient (Wildman–Crippen LogP) is 2.56. The number of ether oxygens (including phenoxy) is 1. The van der Waals surface area contributed by atoms with E-state index in [0.717, 1.165) is 38.0 Å². The lowest BCUT2D eigenvalue weighted by Gasteiger charge is -2.22. The van der Waals surface area contributed by atoms with E-state index in [4.69, 9.17) is 4.74 Å². The highest BCUT2D eigenvalue weighted by Gasteiger charge is 2.19. The Bertz CT molecular complexity index is 793. The van der Waals surface area contributed by atoms with Gasteiger partial charge in [-0.1, -0.05) is 30.3 Å². The summed E-state index contributed by atoms with van der Waals surface area (Å²) in [6.07, 6.45) is 4.44. The van der Waals surface area contributed by atoms with Crippen molar-refractivity contribution < 1.29 is 9.53 Å². The number of nitrogens with one attached hydrogen (secondary N) is 1. The number of hydrogen-bond donors (Lipinski definition) is 1. The minimum absolute atomic E-state index is 0.217. The van der Waals surface area contributed by atoms with Crippen LogP contribution in [0, 0.1) is 12.8 Å². The molecule has 0 radical (unpaired) electrons. The zero-order valence-corrected chi connectivity index (χ0v) is 15.2. The first-order chi connectivity index (χ1) is 12.6. The fraction of sp³-hybridized carbons (Fsp3) is 0.429. The molecule has 1 saturated heterocycles. The Morgan fingerprint density at radius 3 is 2.65 bits per heavy atom. The standard InChI is InChI=1S/C21H26N2O3/c1-16-7-11-23(12-8-17-5-3-2-4-6-17)21(25)19(16)20(24)22-15-18-9-13-26-14-10-18/h2-7,11,18H,8-10,12-15H2,1H3,(H,22,24). The molecule has 0 bridgehead atoms. The summed E-state index contributed by atoms with van der Waals surface area (Å²) in [7, 11) is 0. The van der Waals surface area contributed by atoms with Crippen molar-refractivity contribution in [1.82, 2.24) is 9.88 Å². The van der Waals surface area contributed by atoms with Gasteiger partial charge in [-0.2, -0.15) is 0 Å². The van der Waals surface area contributed by atoms with Crippen molar-refractivity contribution >= 4 is 5.91 Å². The third kappa shape index (κ3) is 4.61. The van der Waals surface area contributed by atoms with Crippen LogP contribution >= 0.6 is 0 Å². The van der Waals surface area contributed by atoms with E-state index < -0.39 is 0 Å². The van der Waals surface area contributed by atoms with Crippen molar-refractivity contribution in [3.05, 3.63) is 69.6 Å². The van der Waals surface area contributed by atoms with Crippen molar-refractivity contribution in [2.24, 2.45) is 5.92 Å². The molecule has 0 atom stereocenters. The smallest absolute Gasteiger partial charge is 0.263 e. The summed E-state index contributed by atoms with van der Waals surface area (Å²) < 4.78 is 6.97. The van der Waals surface area contributed by atoms with Gasteiger partial charge in [0.1, 0.15) is 5.56 Å². The van der Waals surface area contributed by atoms with Gasteiger partial charge in [-0.25, -0.2) is 0 Å². The molecule has 2 aromatic rings. The van der Waals surface area contributed by atoms with Crippen LogP contribution in [0.1, 0.15) is 34.3 Å². The molecule has 1 amide bonds. The molecule has 138 valence electrons. The lowest BCUT2D eigenvalue weighted by atomic mass is 10.0. The van der Waals surface area contributed by atoms with Crippen LogP contribution in [0.5, 0.6) is 0 Å². The molecule has 1 aliphatic heterocycles. The van der Waals surface area contributed by atoms with E-state index in [1.165, 1.54) is 5.56 Å². The molecule has 0 saturated carbocycles. The Labute approximate surface area is 154 Å². The SMILES string of the molecule is Cc1ccn(CCc2ccccc2)c(=O)c1C(=O)NCC1CCOCC1. The monoisotopic (exact) mass is 354 g/mol. The highest BCUT2D eigenvalue weighted by Crippen LogP contribution is 2.13. The largest absolute Gasteiger partial charge is 0.381 e. The molecule has 26 heavy (non-hydrogen) atoms. The van der Waals surface area contributed by atoms with Crippen LogP contribution < -0.4 is 10.9 Å². The fourth-order valence-electron chi connectivity index (χ4n) is 3.29. The Kier molecular flexibility index (Phi) is 6.23. The number of rotatable bonds is 6. The van der Waals surface area contributed by atoms with Crippen molar-refractivity contribution in [3.8, 4) is 0 Å². The first-order valence-corrected chi connectivity index (χ1v) is 9.25. The van der Waals surface area contributed by atoms with Gasteiger partial charge in [0.15, 0.2) is 0 Å². The van der Waals surface area contributed by atoms with Gasteiger partial charge in [-0.15, -0.1) is 0 Å². The minimum atomic E-state index is -0.270. The molecule has 1 aromatic carbocycles. The molecule has 1 aromatic heterocycles. The van der Waals surface area contributed by atoms with E-state index in [2.05, 4.69) is 5.32 Å². The number of carbonyl (C=O) groups excluding carboxylic acids is 1. The fourth-order valence-corrected chi connectivity index (χ4v) is 3.29. The summed E-state index contributed by atoms with van der Waals surface area (Å²) in [6, 6.07) is 11.9. The molecule has 0 aliphatic carbocycles. The van der Waals surface area contributed by atoms with Gasteiger partial charge in [0.05, 0.1) is 0 Å². The first kappa shape index (κ1) is 18.4. The van der Waals surface area contributed by atoms with Crippen molar-refractivity contribution in [2.45, 2.75) is 32.7 Å². The van der Waals surface area contributed by atoms with Crippen LogP contribution in [0.25, 0.3) is 0 Å². The van der Waals surface area contributed by atoms with E-state index in [-0.39, 0.29) is 17.0 Å². The highest BCUT2D eigenvalue weighted by molar-refractivity contribution is 5.95. The number of carbonyl (C=O) groups is 1. The summed E-state index contributed by atoms with van der Waals surface area (Å²) in [4.78, 5) is 25.4. The Morgan fingerprint density at radius 2 is 1.92 bits per heavy atom. The van der Waals surface area contributed by atoms with Crippen LogP contribution in [-0.4, -0.2) is 30.2 Å². The Balaban J connectivity index is 1.68. The molecule has 3 rings (SSSR count). The first-order valence-electron chi connectivity index (χ1n) is 9.25. The van der Waals surface area contributed by atoms with E-state index >= 15 is 0 Å². The van der Waals surface area contributed by atoms with Gasteiger partial charge in [-0.3, -0.25) is 9.59 Å². The van der Waals surface area contributed by atoms with Gasteiger partial charge < -0.3 is 14.6 Å². The topological polar surface area (TPSA) is 60.3 Å². The second-order valence-electron chi connectivity index (χ2n) is 6.87. The maximum absolute atomic E-state index is 12.8. The number of nitrogens with zero attached hydrogens (tertiary/aromatic N) is 1. The molecule has 5 nitrogen and oxygen atoms in total. The summed E-state index contributed by atoms with van der Waals surface area (Å²) in [5.41, 5.74) is 1.93. The molecule has 0 spiro atoms. The van der Waals surface area contributed by atoms with Gasteiger partial charge in [0, 0.05) is 32.5 Å². The molecule has 2 heterocycles. The van der Waals surface area contributed by atoms with Crippen LogP contribution in [0.3, 0.4) is 0 Å². The van der Waals surface area contributed by atoms with Gasteiger partial charge >= 0.3 is 0 Å². The van der Waals surface area contributed by atoms with E-state index in [1.54, 1.807) is 10.8 Å². The normalized spacial score (nSPS) is 15.0. The third-order valence-electron chi connectivity index (χ3n) is 4.98. The number of pyridine rings is 1. The number of aromatic nitrogens is 1. The predicted molar refractivity (Wildman–Crippen MR) is 101 cm³/mol. The molecule has 1 N–H and O–H groups in total. The van der Waals surface area contributed by atoms with Crippen LogP contribution in [0.4, 0.5) is 0 Å². The maximum atomic E-state index is 12.8. The lowest BCUT2D eigenvalue weighted by Crippen LogP contribution is -2.37. The third-order valence-corrected chi connectivity index (χ3v) is 4.98. The van der Waals surface area contributed by atoms with Crippen molar-refractivity contribution in [1.29, 1.82) is 0 Å². The van der Waals surface area contributed by atoms with Crippen LogP contribution in [0.2, 0.25) is 0 Å². The molecule has 5 heteroatoms. The molecular formula is C21H26N2O3. The Morgan fingerprint density at radius 1 is 1.19 bits per heavy atom. The second-order valence-corrected chi connectivity index (χ2v) is 6.87. The number of hydrogen-bond acceptors (Lipinski definition) is 3. The zero-order valence-electron chi connectivity index (χ0n) is 15.2. The number of benzene rings is 1. The second kappa shape index (κ2) is 8.81. The Hall–Kier alpha value is -2.40. The van der Waals surface area contributed by atoms with Gasteiger partial charge in [0.2, 0.25) is 0 Å². The summed E-state index contributed by atoms with van der Waals surface area (Å²) in [5, 5.41) is 2.94. The van der Waals surface area contributed by atoms with Crippen molar-refractivity contribution in [2.75, 3.05) is 19.8 Å². The quantitative estimate of drug-likeness (QED) is 0.867. The molecule has 1 aliphatic rings. The summed E-state index contributed by atoms with van der Waals surface area (Å²) >= 11 is 0. The van der Waals surface area contributed by atoms with E-state index in [0.29, 0.717) is 19.0 Å². The van der Waals surface area contributed by atoms with Gasteiger partial charge in [-0.05, 0) is 49.3 Å². The van der Waals surface area contributed by atoms with Gasteiger partial charge in [0.25, 0.3) is 11.5 Å². The van der Waals surface area contributed by atoms with Crippen LogP contribution in [-0.2, 0) is 17.7 Å². The van der Waals surface area contributed by atoms with Crippen molar-refractivity contribution in [3.63, 3.8) is 0 Å². The number of amides is 1. The zero-order chi connectivity index (χ0) is 18.4. The average molecular weight is 354 g/mol. The highest BCUT2D eigenvalue weighted by atomic mass is 16.5. The maximum Gasteiger partial charge on any atom is 0.263 e.